The summed E-state index contributed by atoms with van der Waals surface area (Å²) in [7, 11) is 0. The van der Waals surface area contributed by atoms with E-state index < -0.39 is 0 Å². The first-order valence-electron chi connectivity index (χ1n) is 10.9. The first-order chi connectivity index (χ1) is 15.2. The Kier molecular flexibility index (Phi) is 5.46. The lowest BCUT2D eigenvalue weighted by Gasteiger charge is -2.33. The SMILES string of the molecule is O=C(CC1CN(C(=O)c2cc3ccccc3[nH]2)Cc2ccnn21)NCC1CCOCC1. The van der Waals surface area contributed by atoms with Gasteiger partial charge in [-0.3, -0.25) is 14.3 Å². The molecule has 1 atom stereocenters. The molecule has 1 fully saturated rings. The van der Waals surface area contributed by atoms with Gasteiger partial charge in [-0.05, 0) is 37.0 Å². The smallest absolute Gasteiger partial charge is 0.270 e. The predicted octanol–water partition coefficient (Wildman–Crippen LogP) is 2.49. The molecule has 5 rings (SSSR count). The molecule has 1 aromatic carbocycles. The molecule has 31 heavy (non-hydrogen) atoms. The van der Waals surface area contributed by atoms with Crippen LogP contribution >= 0.6 is 0 Å². The third-order valence-corrected chi connectivity index (χ3v) is 6.28. The number of carbonyl (C=O) groups excluding carboxylic acids is 2. The number of fused-ring (bicyclic) bond motifs is 2. The van der Waals surface area contributed by atoms with Crippen molar-refractivity contribution in [1.29, 1.82) is 0 Å². The lowest BCUT2D eigenvalue weighted by atomic mass is 10.0. The minimum atomic E-state index is -0.179. The molecule has 0 radical (unpaired) electrons. The number of benzene rings is 1. The van der Waals surface area contributed by atoms with Gasteiger partial charge in [-0.15, -0.1) is 0 Å². The van der Waals surface area contributed by atoms with Crippen LogP contribution in [0.4, 0.5) is 0 Å². The van der Waals surface area contributed by atoms with Gasteiger partial charge in [0.1, 0.15) is 5.69 Å². The van der Waals surface area contributed by atoms with Crippen molar-refractivity contribution >= 4 is 22.7 Å². The number of ether oxygens (including phenoxy) is 1. The lowest BCUT2D eigenvalue weighted by Crippen LogP contribution is -2.43. The van der Waals surface area contributed by atoms with Crippen LogP contribution in [0.3, 0.4) is 0 Å². The van der Waals surface area contributed by atoms with E-state index in [4.69, 9.17) is 4.74 Å². The summed E-state index contributed by atoms with van der Waals surface area (Å²) >= 11 is 0. The molecule has 2 amide bonds. The van der Waals surface area contributed by atoms with E-state index in [1.54, 1.807) is 11.1 Å². The quantitative estimate of drug-likeness (QED) is 0.662. The van der Waals surface area contributed by atoms with Crippen molar-refractivity contribution < 1.29 is 14.3 Å². The van der Waals surface area contributed by atoms with Crippen molar-refractivity contribution in [2.45, 2.75) is 31.8 Å². The van der Waals surface area contributed by atoms with Gasteiger partial charge in [0.2, 0.25) is 5.91 Å². The van der Waals surface area contributed by atoms with Crippen molar-refractivity contribution in [2.75, 3.05) is 26.3 Å². The Balaban J connectivity index is 1.27. The molecule has 8 nitrogen and oxygen atoms in total. The minimum Gasteiger partial charge on any atom is -0.381 e. The van der Waals surface area contributed by atoms with Crippen molar-refractivity contribution in [3.63, 3.8) is 0 Å². The van der Waals surface area contributed by atoms with Gasteiger partial charge in [0.25, 0.3) is 5.91 Å². The first-order valence-corrected chi connectivity index (χ1v) is 10.9. The number of H-pyrrole nitrogens is 1. The molecule has 162 valence electrons. The Labute approximate surface area is 180 Å². The Morgan fingerprint density at radius 3 is 2.87 bits per heavy atom. The number of nitrogens with zero attached hydrogens (tertiary/aromatic N) is 3. The number of carbonyl (C=O) groups is 2. The summed E-state index contributed by atoms with van der Waals surface area (Å²) in [6.07, 6.45) is 4.01. The van der Waals surface area contributed by atoms with Gasteiger partial charge in [-0.1, -0.05) is 18.2 Å². The van der Waals surface area contributed by atoms with Crippen molar-refractivity contribution in [3.05, 3.63) is 54.0 Å². The van der Waals surface area contributed by atoms with Crippen LogP contribution < -0.4 is 5.32 Å². The van der Waals surface area contributed by atoms with Crippen LogP contribution in [-0.4, -0.2) is 57.8 Å². The minimum absolute atomic E-state index is 0.00199. The summed E-state index contributed by atoms with van der Waals surface area (Å²) in [6, 6.07) is 11.5. The fraction of sp³-hybridized carbons (Fsp3) is 0.435. The number of rotatable bonds is 5. The summed E-state index contributed by atoms with van der Waals surface area (Å²) in [5.41, 5.74) is 2.45. The van der Waals surface area contributed by atoms with Gasteiger partial charge in [0.05, 0.1) is 24.7 Å². The zero-order valence-corrected chi connectivity index (χ0v) is 17.4. The van der Waals surface area contributed by atoms with Gasteiger partial charge in [0.15, 0.2) is 0 Å². The lowest BCUT2D eigenvalue weighted by molar-refractivity contribution is -0.122. The number of aromatic amines is 1. The number of hydrogen-bond acceptors (Lipinski definition) is 4. The molecule has 0 spiro atoms. The number of amides is 2. The number of hydrogen-bond donors (Lipinski definition) is 2. The normalized spacial score (nSPS) is 19.4. The predicted molar refractivity (Wildman–Crippen MR) is 115 cm³/mol. The van der Waals surface area contributed by atoms with E-state index in [1.165, 1.54) is 0 Å². The average molecular weight is 422 g/mol. The third-order valence-electron chi connectivity index (χ3n) is 6.28. The number of nitrogens with one attached hydrogen (secondary N) is 2. The van der Waals surface area contributed by atoms with Crippen LogP contribution in [0.5, 0.6) is 0 Å². The van der Waals surface area contributed by atoms with Gasteiger partial charge >= 0.3 is 0 Å². The summed E-state index contributed by atoms with van der Waals surface area (Å²) < 4.78 is 7.28. The maximum atomic E-state index is 13.2. The molecule has 1 saturated heterocycles. The molecular weight excluding hydrogens is 394 g/mol. The monoisotopic (exact) mass is 421 g/mol. The van der Waals surface area contributed by atoms with Crippen LogP contribution in [0.15, 0.2) is 42.6 Å². The molecule has 2 aromatic heterocycles. The maximum absolute atomic E-state index is 13.2. The van der Waals surface area contributed by atoms with Crippen molar-refractivity contribution in [2.24, 2.45) is 5.92 Å². The van der Waals surface area contributed by atoms with Crippen molar-refractivity contribution in [3.8, 4) is 0 Å². The fourth-order valence-electron chi connectivity index (χ4n) is 4.55. The second-order valence-corrected chi connectivity index (χ2v) is 8.44. The standard InChI is InChI=1S/C23H27N5O3/c29-22(24-13-16-6-9-31-10-7-16)12-19-15-27(14-18-5-8-25-28(18)19)23(30)21-11-17-3-1-2-4-20(17)26-21/h1-5,8,11,16,19,26H,6-7,9-10,12-15H2,(H,24,29). The summed E-state index contributed by atoms with van der Waals surface area (Å²) in [5.74, 6) is 0.415. The summed E-state index contributed by atoms with van der Waals surface area (Å²) in [4.78, 5) is 30.9. The Hall–Kier alpha value is -3.13. The Bertz CT molecular complexity index is 1050. The average Bonchev–Trinajstić information content (AvgIpc) is 3.45. The second-order valence-electron chi connectivity index (χ2n) is 8.44. The highest BCUT2D eigenvalue weighted by Crippen LogP contribution is 2.25. The van der Waals surface area contributed by atoms with Crippen LogP contribution in [0.2, 0.25) is 0 Å². The molecule has 4 heterocycles. The highest BCUT2D eigenvalue weighted by atomic mass is 16.5. The second kappa shape index (κ2) is 8.55. The highest BCUT2D eigenvalue weighted by Gasteiger charge is 2.31. The van der Waals surface area contributed by atoms with E-state index in [0.29, 0.717) is 37.7 Å². The van der Waals surface area contributed by atoms with E-state index in [1.807, 2.05) is 41.1 Å². The topological polar surface area (TPSA) is 92.3 Å². The van der Waals surface area contributed by atoms with E-state index in [0.717, 1.165) is 42.7 Å². The van der Waals surface area contributed by atoms with Gasteiger partial charge in [-0.2, -0.15) is 5.10 Å². The summed E-state index contributed by atoms with van der Waals surface area (Å²) in [5, 5.41) is 8.50. The maximum Gasteiger partial charge on any atom is 0.270 e. The van der Waals surface area contributed by atoms with Crippen LogP contribution in [0.1, 0.15) is 41.5 Å². The number of aromatic nitrogens is 3. The van der Waals surface area contributed by atoms with Crippen molar-refractivity contribution in [1.82, 2.24) is 25.0 Å². The molecule has 2 aliphatic heterocycles. The molecule has 2 N–H and O–H groups in total. The number of para-hydroxylation sites is 1. The summed E-state index contributed by atoms with van der Waals surface area (Å²) in [6.45, 7) is 3.15. The Morgan fingerprint density at radius 2 is 2.03 bits per heavy atom. The van der Waals surface area contributed by atoms with E-state index in [-0.39, 0.29) is 17.9 Å². The van der Waals surface area contributed by atoms with E-state index in [9.17, 15) is 9.59 Å². The van der Waals surface area contributed by atoms with Gasteiger partial charge in [0, 0.05) is 43.4 Å². The molecule has 0 aliphatic carbocycles. The van der Waals surface area contributed by atoms with Crippen LogP contribution in [0.25, 0.3) is 10.9 Å². The first kappa shape index (κ1) is 19.8. The zero-order chi connectivity index (χ0) is 21.2. The van der Waals surface area contributed by atoms with E-state index in [2.05, 4.69) is 15.4 Å². The molecule has 2 aliphatic rings. The molecule has 1 unspecified atom stereocenters. The van der Waals surface area contributed by atoms with Gasteiger partial charge in [-0.25, -0.2) is 0 Å². The Morgan fingerprint density at radius 1 is 1.19 bits per heavy atom. The van der Waals surface area contributed by atoms with Gasteiger partial charge < -0.3 is 19.9 Å². The largest absolute Gasteiger partial charge is 0.381 e. The molecule has 3 aromatic rings. The highest BCUT2D eigenvalue weighted by molar-refractivity contribution is 5.98. The van der Waals surface area contributed by atoms with Crippen LogP contribution in [0, 0.1) is 5.92 Å². The molecule has 0 saturated carbocycles. The van der Waals surface area contributed by atoms with Crippen LogP contribution in [-0.2, 0) is 16.1 Å². The zero-order valence-electron chi connectivity index (χ0n) is 17.4. The fourth-order valence-corrected chi connectivity index (χ4v) is 4.55. The third kappa shape index (κ3) is 4.20. The van der Waals surface area contributed by atoms with E-state index >= 15 is 0 Å². The molecular formula is C23H27N5O3. The molecule has 0 bridgehead atoms. The molecule has 8 heteroatoms.